The van der Waals surface area contributed by atoms with Gasteiger partial charge in [-0.25, -0.2) is 10.2 Å². The molecule has 0 atom stereocenters. The normalized spacial score (nSPS) is 10.8. The van der Waals surface area contributed by atoms with Crippen LogP contribution >= 0.6 is 0 Å². The highest BCUT2D eigenvalue weighted by atomic mass is 16.5. The number of carbonyl (C=O) groups excluding carboxylic acids is 2. The van der Waals surface area contributed by atoms with E-state index in [0.29, 0.717) is 29.0 Å². The van der Waals surface area contributed by atoms with Crippen molar-refractivity contribution < 1.29 is 24.2 Å². The zero-order valence-electron chi connectivity index (χ0n) is 20.4. The van der Waals surface area contributed by atoms with Crippen LogP contribution in [0.3, 0.4) is 0 Å². The van der Waals surface area contributed by atoms with Crippen LogP contribution < -0.4 is 14.9 Å². The van der Waals surface area contributed by atoms with E-state index in [2.05, 4.69) is 22.4 Å². The van der Waals surface area contributed by atoms with Crippen molar-refractivity contribution in [2.24, 2.45) is 5.10 Å². The number of amides is 1. The molecule has 0 aliphatic rings. The number of nitrogens with zero attached hydrogens (tertiary/aromatic N) is 2. The lowest BCUT2D eigenvalue weighted by atomic mass is 10.1. The van der Waals surface area contributed by atoms with Gasteiger partial charge >= 0.3 is 5.97 Å². The van der Waals surface area contributed by atoms with E-state index in [4.69, 9.17) is 9.47 Å². The second-order valence-electron chi connectivity index (χ2n) is 8.19. The maximum atomic E-state index is 12.5. The number of benzene rings is 2. The summed E-state index contributed by atoms with van der Waals surface area (Å²) in [7, 11) is 0. The molecule has 2 aromatic carbocycles. The van der Waals surface area contributed by atoms with Gasteiger partial charge < -0.3 is 14.6 Å². The Balaban J connectivity index is 1.46. The quantitative estimate of drug-likeness (QED) is 0.108. The molecule has 0 saturated carbocycles. The molecule has 0 aliphatic heterocycles. The first-order chi connectivity index (χ1) is 17.6. The number of ether oxygens (including phenoxy) is 2. The number of hydrogen-bond acceptors (Lipinski definition) is 7. The number of phenolic OH excluding ortho intramolecular Hbond substituents is 1. The molecule has 3 rings (SSSR count). The summed E-state index contributed by atoms with van der Waals surface area (Å²) in [6.45, 7) is 2.85. The molecule has 8 nitrogen and oxygen atoms in total. The molecule has 1 aromatic heterocycles. The molecule has 3 aromatic rings. The summed E-state index contributed by atoms with van der Waals surface area (Å²) in [6, 6.07) is 14.3. The summed E-state index contributed by atoms with van der Waals surface area (Å²) >= 11 is 0. The van der Waals surface area contributed by atoms with Crippen LogP contribution in [0.4, 0.5) is 0 Å². The van der Waals surface area contributed by atoms with Gasteiger partial charge in [-0.1, -0.05) is 39.0 Å². The molecule has 2 N–H and O–H groups in total. The van der Waals surface area contributed by atoms with Gasteiger partial charge in [0.25, 0.3) is 5.91 Å². The average Bonchev–Trinajstić information content (AvgIpc) is 2.90. The Labute approximate surface area is 211 Å². The van der Waals surface area contributed by atoms with Crippen LogP contribution in [0.5, 0.6) is 17.2 Å². The SMILES string of the molecule is CCCCCCCCOc1ccc(C(=O)Oc2ccc(/C=N/NC(=O)c3ccncc3)c(O)c2)cc1. The number of aromatic hydroxyl groups is 1. The summed E-state index contributed by atoms with van der Waals surface area (Å²) in [6.07, 6.45) is 11.5. The fourth-order valence-electron chi connectivity index (χ4n) is 3.35. The fraction of sp³-hybridized carbons (Fsp3) is 0.286. The Morgan fingerprint density at radius 1 is 0.917 bits per heavy atom. The summed E-state index contributed by atoms with van der Waals surface area (Å²) in [5.74, 6) is -0.225. The van der Waals surface area contributed by atoms with Crippen molar-refractivity contribution in [3.63, 3.8) is 0 Å². The zero-order valence-corrected chi connectivity index (χ0v) is 20.4. The maximum absolute atomic E-state index is 12.5. The average molecular weight is 490 g/mol. The molecule has 36 heavy (non-hydrogen) atoms. The first-order valence-corrected chi connectivity index (χ1v) is 12.1. The Hall–Kier alpha value is -4.20. The highest BCUT2D eigenvalue weighted by molar-refractivity contribution is 5.95. The van der Waals surface area contributed by atoms with Gasteiger partial charge in [-0.2, -0.15) is 5.10 Å². The lowest BCUT2D eigenvalue weighted by Crippen LogP contribution is -2.17. The molecule has 0 unspecified atom stereocenters. The third kappa shape index (κ3) is 8.54. The molecule has 0 aliphatic carbocycles. The molecular weight excluding hydrogens is 458 g/mol. The van der Waals surface area contributed by atoms with E-state index < -0.39 is 11.9 Å². The van der Waals surface area contributed by atoms with Gasteiger partial charge in [-0.3, -0.25) is 9.78 Å². The number of phenols is 1. The molecule has 0 saturated heterocycles. The van der Waals surface area contributed by atoms with Gasteiger partial charge in [0.05, 0.1) is 18.4 Å². The van der Waals surface area contributed by atoms with Gasteiger partial charge in [0.15, 0.2) is 0 Å². The largest absolute Gasteiger partial charge is 0.507 e. The van der Waals surface area contributed by atoms with Crippen LogP contribution in [0.25, 0.3) is 0 Å². The molecule has 1 amide bonds. The number of aromatic nitrogens is 1. The molecule has 0 radical (unpaired) electrons. The molecule has 1 heterocycles. The topological polar surface area (TPSA) is 110 Å². The molecule has 8 heteroatoms. The van der Waals surface area contributed by atoms with Crippen LogP contribution in [0.15, 0.2) is 72.1 Å². The lowest BCUT2D eigenvalue weighted by Gasteiger charge is -2.08. The number of hydrazone groups is 1. The Kier molecular flexibility index (Phi) is 10.5. The zero-order chi connectivity index (χ0) is 25.6. The molecule has 0 bridgehead atoms. The number of unbranched alkanes of at least 4 members (excludes halogenated alkanes) is 5. The minimum absolute atomic E-state index is 0.152. The monoisotopic (exact) mass is 489 g/mol. The maximum Gasteiger partial charge on any atom is 0.343 e. The van der Waals surface area contributed by atoms with E-state index in [-0.39, 0.29) is 11.5 Å². The standard InChI is InChI=1S/C28H31N3O5/c1-2-3-4-5-6-7-18-35-24-11-8-22(9-12-24)28(34)36-25-13-10-23(26(32)19-25)20-30-31-27(33)21-14-16-29-17-15-21/h8-17,19-20,32H,2-7,18H2,1H3,(H,31,33)/b30-20+. The van der Waals surface area contributed by atoms with Crippen molar-refractivity contribution in [1.29, 1.82) is 0 Å². The van der Waals surface area contributed by atoms with E-state index >= 15 is 0 Å². The van der Waals surface area contributed by atoms with Crippen molar-refractivity contribution in [2.75, 3.05) is 6.61 Å². The van der Waals surface area contributed by atoms with Crippen LogP contribution in [0.1, 0.15) is 71.7 Å². The Morgan fingerprint density at radius 3 is 2.33 bits per heavy atom. The van der Waals surface area contributed by atoms with Crippen LogP contribution in [0, 0.1) is 0 Å². The smallest absolute Gasteiger partial charge is 0.343 e. The van der Waals surface area contributed by atoms with Crippen molar-refractivity contribution in [2.45, 2.75) is 45.4 Å². The minimum atomic E-state index is -0.553. The molecule has 188 valence electrons. The van der Waals surface area contributed by atoms with Crippen LogP contribution in [0.2, 0.25) is 0 Å². The number of rotatable bonds is 13. The van der Waals surface area contributed by atoms with E-state index in [0.717, 1.165) is 12.8 Å². The number of pyridine rings is 1. The van der Waals surface area contributed by atoms with Crippen molar-refractivity contribution in [1.82, 2.24) is 10.4 Å². The molecule has 0 fully saturated rings. The number of hydrogen-bond donors (Lipinski definition) is 2. The van der Waals surface area contributed by atoms with Crippen molar-refractivity contribution >= 4 is 18.1 Å². The van der Waals surface area contributed by atoms with E-state index in [1.165, 1.54) is 62.5 Å². The summed E-state index contributed by atoms with van der Waals surface area (Å²) < 4.78 is 11.1. The predicted molar refractivity (Wildman–Crippen MR) is 138 cm³/mol. The molecular formula is C28H31N3O5. The van der Waals surface area contributed by atoms with Gasteiger partial charge in [-0.05, 0) is 55.0 Å². The third-order valence-electron chi connectivity index (χ3n) is 5.38. The fourth-order valence-corrected chi connectivity index (χ4v) is 3.35. The second kappa shape index (κ2) is 14.3. The van der Waals surface area contributed by atoms with E-state index in [9.17, 15) is 14.7 Å². The van der Waals surface area contributed by atoms with Gasteiger partial charge in [-0.15, -0.1) is 0 Å². The Morgan fingerprint density at radius 2 is 1.61 bits per heavy atom. The van der Waals surface area contributed by atoms with Gasteiger partial charge in [0.2, 0.25) is 0 Å². The summed E-state index contributed by atoms with van der Waals surface area (Å²) in [5, 5.41) is 14.1. The minimum Gasteiger partial charge on any atom is -0.507 e. The second-order valence-corrected chi connectivity index (χ2v) is 8.19. The van der Waals surface area contributed by atoms with Gasteiger partial charge in [0.1, 0.15) is 17.2 Å². The van der Waals surface area contributed by atoms with Crippen LogP contribution in [-0.2, 0) is 0 Å². The number of esters is 1. The lowest BCUT2D eigenvalue weighted by molar-refractivity contribution is 0.0734. The summed E-state index contributed by atoms with van der Waals surface area (Å²) in [4.78, 5) is 28.3. The third-order valence-corrected chi connectivity index (χ3v) is 5.38. The highest BCUT2D eigenvalue weighted by Crippen LogP contribution is 2.23. The van der Waals surface area contributed by atoms with Gasteiger partial charge in [0, 0.05) is 29.6 Å². The molecule has 0 spiro atoms. The first-order valence-electron chi connectivity index (χ1n) is 12.1. The summed E-state index contributed by atoms with van der Waals surface area (Å²) in [5.41, 5.74) is 3.49. The van der Waals surface area contributed by atoms with E-state index in [1.807, 2.05) is 0 Å². The first kappa shape index (κ1) is 26.4. The van der Waals surface area contributed by atoms with Crippen molar-refractivity contribution in [3.05, 3.63) is 83.7 Å². The number of carbonyl (C=O) groups is 2. The predicted octanol–water partition coefficient (Wildman–Crippen LogP) is 5.51. The van der Waals surface area contributed by atoms with E-state index in [1.54, 1.807) is 36.4 Å². The van der Waals surface area contributed by atoms with Crippen molar-refractivity contribution in [3.8, 4) is 17.2 Å². The number of nitrogens with one attached hydrogen (secondary N) is 1. The Bertz CT molecular complexity index is 1150. The van der Waals surface area contributed by atoms with Crippen LogP contribution in [-0.4, -0.2) is 34.8 Å². The highest BCUT2D eigenvalue weighted by Gasteiger charge is 2.11.